The number of nitrogens with zero attached hydrogens (tertiary/aromatic N) is 3. The number of fused-ring (bicyclic) bond motifs is 2. The number of rotatable bonds is 5. The van der Waals surface area contributed by atoms with Gasteiger partial charge in [-0.25, -0.2) is 4.98 Å². The summed E-state index contributed by atoms with van der Waals surface area (Å²) in [6, 6.07) is 21.9. The topological polar surface area (TPSA) is 21.1 Å². The minimum atomic E-state index is 0. The van der Waals surface area contributed by atoms with Crippen molar-refractivity contribution in [2.75, 3.05) is 11.4 Å². The molecule has 0 amide bonds. The van der Waals surface area contributed by atoms with Crippen LogP contribution in [-0.2, 0) is 25.9 Å². The van der Waals surface area contributed by atoms with Crippen molar-refractivity contribution in [1.82, 2.24) is 9.55 Å². The Kier molecular flexibility index (Phi) is 6.57. The average Bonchev–Trinajstić information content (AvgIpc) is 3.05. The van der Waals surface area contributed by atoms with Gasteiger partial charge in [0.1, 0.15) is 5.82 Å². The molecule has 2 aromatic heterocycles. The van der Waals surface area contributed by atoms with Crippen LogP contribution in [0.25, 0.3) is 10.9 Å². The van der Waals surface area contributed by atoms with Crippen molar-refractivity contribution >= 4 is 29.1 Å². The third-order valence-corrected chi connectivity index (χ3v) is 6.54. The predicted molar refractivity (Wildman–Crippen MR) is 137 cm³/mol. The molecular formula is C28H32ClN3. The largest absolute Gasteiger partial charge is 0.351 e. The molecule has 0 saturated carbocycles. The molecule has 4 heteroatoms. The minimum Gasteiger partial charge on any atom is -0.351 e. The first-order valence-corrected chi connectivity index (χ1v) is 11.4. The quantitative estimate of drug-likeness (QED) is 0.346. The highest BCUT2D eigenvalue weighted by Gasteiger charge is 2.24. The first-order chi connectivity index (χ1) is 15.1. The third kappa shape index (κ3) is 4.14. The van der Waals surface area contributed by atoms with Crippen molar-refractivity contribution in [1.29, 1.82) is 0 Å². The van der Waals surface area contributed by atoms with E-state index >= 15 is 0 Å². The molecule has 32 heavy (non-hydrogen) atoms. The van der Waals surface area contributed by atoms with Crippen LogP contribution < -0.4 is 4.90 Å². The Labute approximate surface area is 197 Å². The Morgan fingerprint density at radius 3 is 2.41 bits per heavy atom. The number of benzene rings is 2. The second kappa shape index (κ2) is 9.38. The summed E-state index contributed by atoms with van der Waals surface area (Å²) in [5.41, 5.74) is 8.37. The fraction of sp³-hybridized carbons (Fsp3) is 0.321. The highest BCUT2D eigenvalue weighted by Crippen LogP contribution is 2.36. The second-order valence-corrected chi connectivity index (χ2v) is 9.20. The molecule has 0 aliphatic carbocycles. The highest BCUT2D eigenvalue weighted by molar-refractivity contribution is 5.95. The van der Waals surface area contributed by atoms with Crippen molar-refractivity contribution in [2.45, 2.75) is 46.7 Å². The number of aromatic nitrogens is 2. The molecule has 0 saturated heterocycles. The Balaban J connectivity index is 0.00000245. The number of anilines is 1. The Hall–Kier alpha value is -2.78. The van der Waals surface area contributed by atoms with E-state index < -0.39 is 0 Å². The van der Waals surface area contributed by atoms with Crippen LogP contribution in [0.1, 0.15) is 41.8 Å². The predicted octanol–water partition coefficient (Wildman–Crippen LogP) is 6.58. The second-order valence-electron chi connectivity index (χ2n) is 9.20. The summed E-state index contributed by atoms with van der Waals surface area (Å²) in [5, 5.41) is 1.34. The molecule has 2 aromatic carbocycles. The van der Waals surface area contributed by atoms with E-state index in [1.807, 2.05) is 6.20 Å². The first-order valence-electron chi connectivity index (χ1n) is 11.4. The van der Waals surface area contributed by atoms with E-state index in [0.29, 0.717) is 5.92 Å². The average molecular weight is 446 g/mol. The zero-order valence-corrected chi connectivity index (χ0v) is 20.0. The van der Waals surface area contributed by atoms with Crippen LogP contribution >= 0.6 is 12.4 Å². The number of pyridine rings is 1. The van der Waals surface area contributed by atoms with Crippen molar-refractivity contribution < 1.29 is 0 Å². The van der Waals surface area contributed by atoms with E-state index in [9.17, 15) is 0 Å². The van der Waals surface area contributed by atoms with Gasteiger partial charge in [-0.2, -0.15) is 0 Å². The van der Waals surface area contributed by atoms with Gasteiger partial charge in [-0.15, -0.1) is 12.4 Å². The summed E-state index contributed by atoms with van der Waals surface area (Å²) >= 11 is 0. The lowest BCUT2D eigenvalue weighted by atomic mass is 9.98. The molecule has 3 nitrogen and oxygen atoms in total. The lowest BCUT2D eigenvalue weighted by Gasteiger charge is -2.30. The van der Waals surface area contributed by atoms with Gasteiger partial charge in [-0.1, -0.05) is 68.4 Å². The zero-order chi connectivity index (χ0) is 21.4. The summed E-state index contributed by atoms with van der Waals surface area (Å²) in [7, 11) is 0. The van der Waals surface area contributed by atoms with Gasteiger partial charge in [0.15, 0.2) is 0 Å². The van der Waals surface area contributed by atoms with Gasteiger partial charge >= 0.3 is 0 Å². The van der Waals surface area contributed by atoms with E-state index in [0.717, 1.165) is 38.3 Å². The fourth-order valence-electron chi connectivity index (χ4n) is 5.01. The molecule has 0 N–H and O–H groups in total. The molecular weight excluding hydrogens is 414 g/mol. The van der Waals surface area contributed by atoms with Gasteiger partial charge in [0.2, 0.25) is 0 Å². The molecule has 0 fully saturated rings. The van der Waals surface area contributed by atoms with Crippen LogP contribution in [0.5, 0.6) is 0 Å². The maximum atomic E-state index is 4.95. The Bertz CT molecular complexity index is 1210. The number of halogens is 1. The minimum absolute atomic E-state index is 0. The molecule has 0 unspecified atom stereocenters. The molecule has 5 rings (SSSR count). The van der Waals surface area contributed by atoms with E-state index in [2.05, 4.69) is 90.9 Å². The molecule has 3 heterocycles. The van der Waals surface area contributed by atoms with E-state index in [1.165, 1.54) is 38.9 Å². The van der Waals surface area contributed by atoms with Gasteiger partial charge in [-0.05, 0) is 54.0 Å². The molecule has 1 aliphatic heterocycles. The summed E-state index contributed by atoms with van der Waals surface area (Å²) in [6.07, 6.45) is 4.02. The number of hydrogen-bond acceptors (Lipinski definition) is 2. The number of hydrogen-bond donors (Lipinski definition) is 0. The maximum absolute atomic E-state index is 4.95. The molecule has 4 aromatic rings. The van der Waals surface area contributed by atoms with E-state index in [4.69, 9.17) is 4.98 Å². The van der Waals surface area contributed by atoms with Gasteiger partial charge in [0.25, 0.3) is 0 Å². The normalized spacial score (nSPS) is 13.3. The summed E-state index contributed by atoms with van der Waals surface area (Å²) < 4.78 is 2.52. The summed E-state index contributed by atoms with van der Waals surface area (Å²) in [5.74, 6) is 1.74. The van der Waals surface area contributed by atoms with Crippen molar-refractivity contribution in [3.63, 3.8) is 0 Å². The monoisotopic (exact) mass is 445 g/mol. The van der Waals surface area contributed by atoms with Crippen LogP contribution in [-0.4, -0.2) is 16.1 Å². The molecule has 0 bridgehead atoms. The SMILES string of the molecule is Cc1c(Cc2ccccc2)c2c(N3CCc4ccccc4C3)nccc2n1CC(C)C.Cl. The standard InChI is InChI=1S/C28H31N3.ClH/c1-20(2)18-31-21(3)25(17-22-9-5-4-6-10-22)27-26(31)13-15-29-28(27)30-16-14-23-11-7-8-12-24(23)19-30;/h4-13,15,20H,14,16-19H2,1-3H3;1H. The van der Waals surface area contributed by atoms with Crippen LogP contribution in [0, 0.1) is 12.8 Å². The molecule has 0 spiro atoms. The Morgan fingerprint density at radius 2 is 1.66 bits per heavy atom. The third-order valence-electron chi connectivity index (χ3n) is 6.54. The van der Waals surface area contributed by atoms with Crippen molar-refractivity contribution in [2.24, 2.45) is 5.92 Å². The van der Waals surface area contributed by atoms with Crippen LogP contribution in [0.4, 0.5) is 5.82 Å². The van der Waals surface area contributed by atoms with Gasteiger partial charge in [0.05, 0.1) is 5.52 Å². The van der Waals surface area contributed by atoms with Crippen molar-refractivity contribution in [3.05, 3.63) is 94.8 Å². The Morgan fingerprint density at radius 1 is 0.938 bits per heavy atom. The molecule has 1 aliphatic rings. The first kappa shape index (κ1) is 22.4. The van der Waals surface area contributed by atoms with Crippen LogP contribution in [0.3, 0.4) is 0 Å². The van der Waals surface area contributed by atoms with Gasteiger partial charge in [0, 0.05) is 36.9 Å². The van der Waals surface area contributed by atoms with E-state index in [1.54, 1.807) is 0 Å². The molecule has 166 valence electrons. The molecule has 0 radical (unpaired) electrons. The fourth-order valence-corrected chi connectivity index (χ4v) is 5.01. The van der Waals surface area contributed by atoms with Crippen molar-refractivity contribution in [3.8, 4) is 0 Å². The van der Waals surface area contributed by atoms with Gasteiger partial charge < -0.3 is 9.47 Å². The summed E-state index contributed by atoms with van der Waals surface area (Å²) in [6.45, 7) is 9.86. The van der Waals surface area contributed by atoms with E-state index in [-0.39, 0.29) is 12.4 Å². The lowest BCUT2D eigenvalue weighted by Crippen LogP contribution is -2.31. The molecule has 0 atom stereocenters. The smallest absolute Gasteiger partial charge is 0.138 e. The maximum Gasteiger partial charge on any atom is 0.138 e. The summed E-state index contributed by atoms with van der Waals surface area (Å²) in [4.78, 5) is 7.44. The van der Waals surface area contributed by atoms with Crippen LogP contribution in [0.2, 0.25) is 0 Å². The highest BCUT2D eigenvalue weighted by atomic mass is 35.5. The zero-order valence-electron chi connectivity index (χ0n) is 19.2. The van der Waals surface area contributed by atoms with Gasteiger partial charge in [-0.3, -0.25) is 0 Å². The lowest BCUT2D eigenvalue weighted by molar-refractivity contribution is 0.527. The van der Waals surface area contributed by atoms with Crippen LogP contribution in [0.15, 0.2) is 66.9 Å².